The second-order valence-corrected chi connectivity index (χ2v) is 4.19. The average Bonchev–Trinajstić information content (AvgIpc) is 2.27. The first-order valence-electron chi connectivity index (χ1n) is 4.59. The van der Waals surface area contributed by atoms with Crippen molar-refractivity contribution in [2.24, 2.45) is 0 Å². The fourth-order valence-corrected chi connectivity index (χ4v) is 1.71. The van der Waals surface area contributed by atoms with Crippen molar-refractivity contribution in [3.8, 4) is 11.1 Å². The van der Waals surface area contributed by atoms with Gasteiger partial charge in [0.1, 0.15) is 5.82 Å². The lowest BCUT2D eigenvalue weighted by molar-refractivity contribution is 0.496. The van der Waals surface area contributed by atoms with Gasteiger partial charge in [-0.1, -0.05) is 29.3 Å². The van der Waals surface area contributed by atoms with Crippen LogP contribution in [0, 0.1) is 17.5 Å². The van der Waals surface area contributed by atoms with Crippen LogP contribution in [0.4, 0.5) is 13.2 Å². The summed E-state index contributed by atoms with van der Waals surface area (Å²) in [7, 11) is 0. The van der Waals surface area contributed by atoms with Gasteiger partial charge in [0.15, 0.2) is 11.6 Å². The molecule has 0 heterocycles. The van der Waals surface area contributed by atoms with Crippen LogP contribution in [-0.2, 0) is 0 Å². The number of benzene rings is 2. The molecule has 88 valence electrons. The molecule has 0 aromatic heterocycles. The standard InChI is InChI=1S/C12H5Cl2F3/c13-8-2-1-6(3-9(8)14)7-4-11(16)12(17)5-10(7)15/h1-5H. The predicted octanol–water partition coefficient (Wildman–Crippen LogP) is 5.08. The Morgan fingerprint density at radius 3 is 2.00 bits per heavy atom. The third-order valence-electron chi connectivity index (χ3n) is 2.24. The van der Waals surface area contributed by atoms with Crippen LogP contribution in [0.25, 0.3) is 11.1 Å². The first-order valence-corrected chi connectivity index (χ1v) is 5.34. The zero-order valence-corrected chi connectivity index (χ0v) is 9.79. The first kappa shape index (κ1) is 12.3. The van der Waals surface area contributed by atoms with E-state index in [1.165, 1.54) is 18.2 Å². The molecule has 0 saturated carbocycles. The van der Waals surface area contributed by atoms with Crippen LogP contribution in [0.15, 0.2) is 30.3 Å². The molecule has 0 nitrogen and oxygen atoms in total. The van der Waals surface area contributed by atoms with Gasteiger partial charge in [0.05, 0.1) is 10.0 Å². The first-order chi connectivity index (χ1) is 7.99. The molecule has 0 aliphatic carbocycles. The largest absolute Gasteiger partial charge is 0.206 e. The Kier molecular flexibility index (Phi) is 3.31. The van der Waals surface area contributed by atoms with Gasteiger partial charge in [-0.25, -0.2) is 13.2 Å². The van der Waals surface area contributed by atoms with E-state index in [4.69, 9.17) is 23.2 Å². The number of halogens is 5. The van der Waals surface area contributed by atoms with Gasteiger partial charge in [-0.05, 0) is 23.8 Å². The minimum absolute atomic E-state index is 0.0672. The van der Waals surface area contributed by atoms with Crippen molar-refractivity contribution in [2.75, 3.05) is 0 Å². The minimum Gasteiger partial charge on any atom is -0.206 e. The highest BCUT2D eigenvalue weighted by molar-refractivity contribution is 6.42. The molecule has 17 heavy (non-hydrogen) atoms. The van der Waals surface area contributed by atoms with Crippen molar-refractivity contribution >= 4 is 23.2 Å². The van der Waals surface area contributed by atoms with Crippen molar-refractivity contribution in [1.29, 1.82) is 0 Å². The lowest BCUT2D eigenvalue weighted by Crippen LogP contribution is -1.91. The third kappa shape index (κ3) is 2.40. The highest BCUT2D eigenvalue weighted by Gasteiger charge is 2.12. The summed E-state index contributed by atoms with van der Waals surface area (Å²) in [5, 5.41) is 0.520. The second-order valence-electron chi connectivity index (χ2n) is 3.38. The Morgan fingerprint density at radius 1 is 0.706 bits per heavy atom. The molecule has 2 aromatic rings. The van der Waals surface area contributed by atoms with E-state index in [1.54, 1.807) is 0 Å². The molecule has 2 aromatic carbocycles. The molecule has 0 spiro atoms. The maximum absolute atomic E-state index is 13.5. The van der Waals surface area contributed by atoms with E-state index in [0.717, 1.165) is 6.07 Å². The SMILES string of the molecule is Fc1cc(F)c(-c2ccc(Cl)c(Cl)c2)cc1F. The molecule has 0 saturated heterocycles. The normalized spacial score (nSPS) is 10.6. The maximum atomic E-state index is 13.5. The van der Waals surface area contributed by atoms with Crippen LogP contribution in [0.3, 0.4) is 0 Å². The zero-order chi connectivity index (χ0) is 12.6. The van der Waals surface area contributed by atoms with Gasteiger partial charge in [0.25, 0.3) is 0 Å². The highest BCUT2D eigenvalue weighted by Crippen LogP contribution is 2.30. The zero-order valence-electron chi connectivity index (χ0n) is 8.28. The monoisotopic (exact) mass is 276 g/mol. The average molecular weight is 277 g/mol. The van der Waals surface area contributed by atoms with Gasteiger partial charge < -0.3 is 0 Å². The van der Waals surface area contributed by atoms with Crippen molar-refractivity contribution in [3.05, 3.63) is 57.8 Å². The van der Waals surface area contributed by atoms with E-state index >= 15 is 0 Å². The van der Waals surface area contributed by atoms with Crippen LogP contribution in [0.2, 0.25) is 10.0 Å². The molecule has 2 rings (SSSR count). The molecule has 5 heteroatoms. The van der Waals surface area contributed by atoms with Crippen LogP contribution < -0.4 is 0 Å². The second kappa shape index (κ2) is 4.59. The van der Waals surface area contributed by atoms with Crippen molar-refractivity contribution < 1.29 is 13.2 Å². The molecular formula is C12H5Cl2F3. The van der Waals surface area contributed by atoms with E-state index in [1.807, 2.05) is 0 Å². The summed E-state index contributed by atoms with van der Waals surface area (Å²) >= 11 is 11.5. The molecular weight excluding hydrogens is 272 g/mol. The van der Waals surface area contributed by atoms with Crippen molar-refractivity contribution in [1.82, 2.24) is 0 Å². The Bertz CT molecular complexity index is 582. The summed E-state index contributed by atoms with van der Waals surface area (Å²) in [5.74, 6) is -3.21. The van der Waals surface area contributed by atoms with E-state index in [0.29, 0.717) is 16.7 Å². The number of hydrogen-bond acceptors (Lipinski definition) is 0. The number of rotatable bonds is 1. The summed E-state index contributed by atoms with van der Waals surface area (Å²) in [6.45, 7) is 0. The fraction of sp³-hybridized carbons (Fsp3) is 0. The van der Waals surface area contributed by atoms with E-state index in [2.05, 4.69) is 0 Å². The lowest BCUT2D eigenvalue weighted by Gasteiger charge is -2.06. The Labute approximate surface area is 106 Å². The predicted molar refractivity (Wildman–Crippen MR) is 61.8 cm³/mol. The summed E-state index contributed by atoms with van der Waals surface area (Å²) in [4.78, 5) is 0. The summed E-state index contributed by atoms with van der Waals surface area (Å²) in [6, 6.07) is 5.60. The molecule has 0 fully saturated rings. The van der Waals surface area contributed by atoms with E-state index in [9.17, 15) is 13.2 Å². The molecule has 0 N–H and O–H groups in total. The molecule has 0 radical (unpaired) electrons. The van der Waals surface area contributed by atoms with Crippen LogP contribution >= 0.6 is 23.2 Å². The summed E-state index contributed by atoms with van der Waals surface area (Å²) in [5.41, 5.74) is 0.262. The Morgan fingerprint density at radius 2 is 1.35 bits per heavy atom. The van der Waals surface area contributed by atoms with Crippen LogP contribution in [0.1, 0.15) is 0 Å². The van der Waals surface area contributed by atoms with E-state index in [-0.39, 0.29) is 10.6 Å². The lowest BCUT2D eigenvalue weighted by atomic mass is 10.0. The third-order valence-corrected chi connectivity index (χ3v) is 2.98. The molecule has 0 aliphatic rings. The number of hydrogen-bond donors (Lipinski definition) is 0. The summed E-state index contributed by atoms with van der Waals surface area (Å²) < 4.78 is 39.2. The Balaban J connectivity index is 2.60. The van der Waals surface area contributed by atoms with Crippen molar-refractivity contribution in [3.63, 3.8) is 0 Å². The van der Waals surface area contributed by atoms with Crippen molar-refractivity contribution in [2.45, 2.75) is 0 Å². The molecule has 0 amide bonds. The van der Waals surface area contributed by atoms with Gasteiger partial charge in [-0.3, -0.25) is 0 Å². The quantitative estimate of drug-likeness (QED) is 0.638. The smallest absolute Gasteiger partial charge is 0.161 e. The minimum atomic E-state index is -1.23. The van der Waals surface area contributed by atoms with Crippen LogP contribution in [0.5, 0.6) is 0 Å². The molecule has 0 unspecified atom stereocenters. The molecule has 0 aliphatic heterocycles. The van der Waals surface area contributed by atoms with Crippen LogP contribution in [-0.4, -0.2) is 0 Å². The maximum Gasteiger partial charge on any atom is 0.161 e. The molecule has 0 atom stereocenters. The Hall–Kier alpha value is -1.19. The van der Waals surface area contributed by atoms with Gasteiger partial charge in [0.2, 0.25) is 0 Å². The highest BCUT2D eigenvalue weighted by atomic mass is 35.5. The van der Waals surface area contributed by atoms with E-state index < -0.39 is 17.5 Å². The van der Waals surface area contributed by atoms with Gasteiger partial charge in [0, 0.05) is 11.6 Å². The topological polar surface area (TPSA) is 0 Å². The fourth-order valence-electron chi connectivity index (χ4n) is 1.41. The van der Waals surface area contributed by atoms with Gasteiger partial charge in [-0.2, -0.15) is 0 Å². The molecule has 0 bridgehead atoms. The van der Waals surface area contributed by atoms with Gasteiger partial charge in [-0.15, -0.1) is 0 Å². The summed E-state index contributed by atoms with van der Waals surface area (Å²) in [6.07, 6.45) is 0. The van der Waals surface area contributed by atoms with Gasteiger partial charge >= 0.3 is 0 Å².